The number of ether oxygens (including phenoxy) is 1. The van der Waals surface area contributed by atoms with Crippen LogP contribution >= 0.6 is 0 Å². The van der Waals surface area contributed by atoms with Crippen molar-refractivity contribution in [1.29, 1.82) is 0 Å². The number of carbonyl (C=O) groups is 1. The lowest BCUT2D eigenvalue weighted by Crippen LogP contribution is -2.30. The average molecular weight is 311 g/mol. The maximum absolute atomic E-state index is 12.1. The van der Waals surface area contributed by atoms with Crippen LogP contribution in [-0.4, -0.2) is 16.9 Å². The number of aromatic nitrogens is 1. The van der Waals surface area contributed by atoms with Crippen LogP contribution in [-0.2, 0) is 11.3 Å². The summed E-state index contributed by atoms with van der Waals surface area (Å²) in [6.45, 7) is 0.475. The summed E-state index contributed by atoms with van der Waals surface area (Å²) in [5.74, 6) is 1.42. The summed E-state index contributed by atoms with van der Waals surface area (Å²) < 4.78 is 5.64. The van der Waals surface area contributed by atoms with Crippen molar-refractivity contribution in [1.82, 2.24) is 10.3 Å². The van der Waals surface area contributed by atoms with E-state index in [1.165, 1.54) is 0 Å². The van der Waals surface area contributed by atoms with Crippen molar-refractivity contribution >= 4 is 5.91 Å². The number of nitrogens with two attached hydrogens (primary N) is 1. The van der Waals surface area contributed by atoms with Crippen LogP contribution in [0.15, 0.2) is 48.7 Å². The molecule has 1 aliphatic rings. The number of para-hydroxylation sites is 1. The van der Waals surface area contributed by atoms with Gasteiger partial charge >= 0.3 is 0 Å². The molecule has 1 heterocycles. The van der Waals surface area contributed by atoms with Crippen molar-refractivity contribution in [2.45, 2.75) is 31.8 Å². The lowest BCUT2D eigenvalue weighted by Gasteiger charge is -2.11. The molecule has 1 aliphatic carbocycles. The van der Waals surface area contributed by atoms with Gasteiger partial charge in [0.25, 0.3) is 0 Å². The molecule has 5 nitrogen and oxygen atoms in total. The van der Waals surface area contributed by atoms with Gasteiger partial charge in [-0.3, -0.25) is 4.79 Å². The highest BCUT2D eigenvalue weighted by Gasteiger charge is 2.27. The van der Waals surface area contributed by atoms with Crippen LogP contribution in [0.3, 0.4) is 0 Å². The molecule has 1 aromatic carbocycles. The zero-order valence-electron chi connectivity index (χ0n) is 12.9. The Morgan fingerprint density at radius 2 is 2.04 bits per heavy atom. The molecule has 0 saturated heterocycles. The van der Waals surface area contributed by atoms with Gasteiger partial charge in [0, 0.05) is 30.8 Å². The van der Waals surface area contributed by atoms with E-state index in [9.17, 15) is 4.79 Å². The van der Waals surface area contributed by atoms with Gasteiger partial charge in [-0.2, -0.15) is 0 Å². The Bertz CT molecular complexity index is 643. The number of benzene rings is 1. The maximum Gasteiger partial charge on any atom is 0.223 e. The normalized spacial score (nSPS) is 20.2. The van der Waals surface area contributed by atoms with Crippen molar-refractivity contribution in [3.63, 3.8) is 0 Å². The molecule has 23 heavy (non-hydrogen) atoms. The molecule has 0 bridgehead atoms. The number of rotatable bonds is 5. The first-order valence-corrected chi connectivity index (χ1v) is 7.92. The fourth-order valence-electron chi connectivity index (χ4n) is 2.77. The van der Waals surface area contributed by atoms with E-state index in [2.05, 4.69) is 10.3 Å². The number of pyridine rings is 1. The molecule has 2 atom stereocenters. The van der Waals surface area contributed by atoms with Gasteiger partial charge in [0.1, 0.15) is 5.75 Å². The summed E-state index contributed by atoms with van der Waals surface area (Å²) in [4.78, 5) is 16.3. The Balaban J connectivity index is 1.50. The van der Waals surface area contributed by atoms with Crippen molar-refractivity contribution in [2.75, 3.05) is 0 Å². The van der Waals surface area contributed by atoms with Crippen molar-refractivity contribution in [3.05, 3.63) is 54.2 Å². The van der Waals surface area contributed by atoms with E-state index in [4.69, 9.17) is 10.5 Å². The first kappa shape index (κ1) is 15.5. The smallest absolute Gasteiger partial charge is 0.223 e. The predicted octanol–water partition coefficient (Wildman–Crippen LogP) is 2.62. The standard InChI is InChI=1S/C18H21N3O2/c19-15-8-7-14(10-15)18(22)21-12-13-6-9-17(20-11-13)23-16-4-2-1-3-5-16/h1-6,9,11,14-15H,7-8,10,12,19H2,(H,21,22). The minimum Gasteiger partial charge on any atom is -0.439 e. The van der Waals surface area contributed by atoms with E-state index in [1.807, 2.05) is 36.4 Å². The highest BCUT2D eigenvalue weighted by atomic mass is 16.5. The molecule has 0 spiro atoms. The van der Waals surface area contributed by atoms with Gasteiger partial charge in [-0.15, -0.1) is 0 Å². The molecule has 5 heteroatoms. The molecule has 1 aromatic heterocycles. The van der Waals surface area contributed by atoms with Crippen molar-refractivity contribution < 1.29 is 9.53 Å². The first-order chi connectivity index (χ1) is 11.2. The number of nitrogens with one attached hydrogen (secondary N) is 1. The number of nitrogens with zero attached hydrogens (tertiary/aromatic N) is 1. The summed E-state index contributed by atoms with van der Waals surface area (Å²) in [5, 5.41) is 2.96. The van der Waals surface area contributed by atoms with Gasteiger partial charge in [0.05, 0.1) is 0 Å². The van der Waals surface area contributed by atoms with Gasteiger partial charge in [-0.05, 0) is 37.0 Å². The maximum atomic E-state index is 12.1. The van der Waals surface area contributed by atoms with Crippen LogP contribution in [0.1, 0.15) is 24.8 Å². The van der Waals surface area contributed by atoms with Gasteiger partial charge in [0.2, 0.25) is 11.8 Å². The summed E-state index contributed by atoms with van der Waals surface area (Å²) in [6.07, 6.45) is 4.33. The van der Waals surface area contributed by atoms with E-state index in [0.717, 1.165) is 30.6 Å². The predicted molar refractivity (Wildman–Crippen MR) is 87.9 cm³/mol. The molecule has 2 unspecified atom stereocenters. The number of amides is 1. The average Bonchev–Trinajstić information content (AvgIpc) is 3.01. The van der Waals surface area contributed by atoms with E-state index in [0.29, 0.717) is 12.4 Å². The summed E-state index contributed by atoms with van der Waals surface area (Å²) in [7, 11) is 0. The highest BCUT2D eigenvalue weighted by molar-refractivity contribution is 5.78. The third-order valence-corrected chi connectivity index (χ3v) is 4.07. The molecule has 0 radical (unpaired) electrons. The Kier molecular flexibility index (Phi) is 4.88. The van der Waals surface area contributed by atoms with E-state index < -0.39 is 0 Å². The van der Waals surface area contributed by atoms with E-state index in [-0.39, 0.29) is 17.9 Å². The van der Waals surface area contributed by atoms with E-state index >= 15 is 0 Å². The second-order valence-electron chi connectivity index (χ2n) is 5.91. The molecule has 3 rings (SSSR count). The van der Waals surface area contributed by atoms with Gasteiger partial charge < -0.3 is 15.8 Å². The number of carbonyl (C=O) groups excluding carboxylic acids is 1. The SMILES string of the molecule is NC1CCC(C(=O)NCc2ccc(Oc3ccccc3)nc2)C1. The Morgan fingerprint density at radius 1 is 1.22 bits per heavy atom. The first-order valence-electron chi connectivity index (χ1n) is 7.92. The topological polar surface area (TPSA) is 77.2 Å². The quantitative estimate of drug-likeness (QED) is 0.890. The fourth-order valence-corrected chi connectivity index (χ4v) is 2.77. The minimum absolute atomic E-state index is 0.0543. The molecule has 2 aromatic rings. The Hall–Kier alpha value is -2.40. The third-order valence-electron chi connectivity index (χ3n) is 4.07. The molecule has 3 N–H and O–H groups in total. The largest absolute Gasteiger partial charge is 0.439 e. The van der Waals surface area contributed by atoms with Gasteiger partial charge in [0.15, 0.2) is 0 Å². The molecule has 1 fully saturated rings. The molecular weight excluding hydrogens is 290 g/mol. The zero-order chi connectivity index (χ0) is 16.1. The van der Waals surface area contributed by atoms with E-state index in [1.54, 1.807) is 12.3 Å². The zero-order valence-corrected chi connectivity index (χ0v) is 12.9. The molecule has 1 saturated carbocycles. The summed E-state index contributed by atoms with van der Waals surface area (Å²) >= 11 is 0. The molecule has 120 valence electrons. The van der Waals surface area contributed by atoms with Crippen LogP contribution in [0.5, 0.6) is 11.6 Å². The van der Waals surface area contributed by atoms with Crippen LogP contribution in [0.2, 0.25) is 0 Å². The van der Waals surface area contributed by atoms with Crippen LogP contribution in [0, 0.1) is 5.92 Å². The molecule has 0 aliphatic heterocycles. The lowest BCUT2D eigenvalue weighted by atomic mass is 10.1. The van der Waals surface area contributed by atoms with Gasteiger partial charge in [-0.1, -0.05) is 24.3 Å². The van der Waals surface area contributed by atoms with Crippen LogP contribution < -0.4 is 15.8 Å². The second kappa shape index (κ2) is 7.24. The molecular formula is C18H21N3O2. The highest BCUT2D eigenvalue weighted by Crippen LogP contribution is 2.24. The minimum atomic E-state index is 0.0543. The third kappa shape index (κ3) is 4.29. The Labute approximate surface area is 135 Å². The van der Waals surface area contributed by atoms with Gasteiger partial charge in [-0.25, -0.2) is 4.98 Å². The second-order valence-corrected chi connectivity index (χ2v) is 5.91. The lowest BCUT2D eigenvalue weighted by molar-refractivity contribution is -0.125. The summed E-state index contributed by atoms with van der Waals surface area (Å²) in [6, 6.07) is 13.4. The van der Waals surface area contributed by atoms with Crippen LogP contribution in [0.4, 0.5) is 0 Å². The molecule has 1 amide bonds. The number of hydrogen-bond donors (Lipinski definition) is 2. The van der Waals surface area contributed by atoms with Crippen LogP contribution in [0.25, 0.3) is 0 Å². The monoisotopic (exact) mass is 311 g/mol. The Morgan fingerprint density at radius 3 is 2.70 bits per heavy atom. The summed E-state index contributed by atoms with van der Waals surface area (Å²) in [5.41, 5.74) is 6.79. The van der Waals surface area contributed by atoms with Crippen molar-refractivity contribution in [3.8, 4) is 11.6 Å². The number of hydrogen-bond acceptors (Lipinski definition) is 4. The fraction of sp³-hybridized carbons (Fsp3) is 0.333. The van der Waals surface area contributed by atoms with Crippen molar-refractivity contribution in [2.24, 2.45) is 11.7 Å².